The number of allylic oxidation sites excluding steroid dienone is 1. The predicted molar refractivity (Wildman–Crippen MR) is 63.7 cm³/mol. The van der Waals surface area contributed by atoms with Crippen molar-refractivity contribution >= 4 is 27.4 Å². The van der Waals surface area contributed by atoms with Crippen LogP contribution in [0.15, 0.2) is 27.8 Å². The van der Waals surface area contributed by atoms with E-state index in [0.717, 1.165) is 11.3 Å². The Morgan fingerprint density at radius 3 is 2.94 bits per heavy atom. The van der Waals surface area contributed by atoms with Crippen molar-refractivity contribution in [3.05, 3.63) is 23.2 Å². The summed E-state index contributed by atoms with van der Waals surface area (Å²) in [6.07, 6.45) is 1.07. The Kier molecular flexibility index (Phi) is 5.35. The molecule has 0 saturated heterocycles. The van der Waals surface area contributed by atoms with Crippen LogP contribution in [0.2, 0.25) is 0 Å². The third-order valence-electron chi connectivity index (χ3n) is 1.74. The molecule has 0 N–H and O–H groups in total. The molecule has 0 fully saturated rings. The van der Waals surface area contributed by atoms with Gasteiger partial charge in [0.05, 0.1) is 16.8 Å². The summed E-state index contributed by atoms with van der Waals surface area (Å²) in [6, 6.07) is 0. The highest BCUT2D eigenvalue weighted by atomic mass is 32.2. The molecule has 1 rings (SSSR count). The average molecular weight is 296 g/mol. The van der Waals surface area contributed by atoms with E-state index >= 15 is 0 Å². The van der Waals surface area contributed by atoms with Crippen LogP contribution in [0.25, 0.3) is 0 Å². The van der Waals surface area contributed by atoms with Crippen LogP contribution in [0.3, 0.4) is 0 Å². The monoisotopic (exact) mass is 296 g/mol. The van der Waals surface area contributed by atoms with Gasteiger partial charge < -0.3 is 4.84 Å². The molecule has 18 heavy (non-hydrogen) atoms. The molecule has 5 nitrogen and oxygen atoms in total. The largest absolute Gasteiger partial charge is 0.399 e. The Bertz CT molecular complexity index is 548. The maximum absolute atomic E-state index is 11.8. The van der Waals surface area contributed by atoms with E-state index in [4.69, 9.17) is 0 Å². The van der Waals surface area contributed by atoms with Crippen LogP contribution in [0.1, 0.15) is 11.3 Å². The fourth-order valence-electron chi connectivity index (χ4n) is 0.988. The van der Waals surface area contributed by atoms with Gasteiger partial charge in [0.2, 0.25) is 14.2 Å². The van der Waals surface area contributed by atoms with E-state index in [1.54, 1.807) is 0 Å². The number of thiazole rings is 1. The van der Waals surface area contributed by atoms with Gasteiger partial charge in [-0.1, -0.05) is 5.16 Å². The molecule has 0 bridgehead atoms. The molecule has 0 aliphatic carbocycles. The first kappa shape index (κ1) is 14.7. The molecule has 9 heteroatoms. The van der Waals surface area contributed by atoms with Gasteiger partial charge in [-0.25, -0.2) is 13.4 Å². The third kappa shape index (κ3) is 4.49. The number of aromatic nitrogens is 1. The van der Waals surface area contributed by atoms with Gasteiger partial charge >= 0.3 is 0 Å². The Morgan fingerprint density at radius 2 is 2.33 bits per heavy atom. The number of hydrogen-bond acceptors (Lipinski definition) is 6. The number of sulfone groups is 1. The summed E-state index contributed by atoms with van der Waals surface area (Å²) >= 11 is 0.902. The third-order valence-corrected chi connectivity index (χ3v) is 4.89. The molecule has 0 aliphatic heterocycles. The van der Waals surface area contributed by atoms with E-state index in [2.05, 4.69) is 15.0 Å². The van der Waals surface area contributed by atoms with Gasteiger partial charge in [-0.2, -0.15) is 8.78 Å². The summed E-state index contributed by atoms with van der Waals surface area (Å²) in [5.74, 6) is -0.404. The molecule has 0 spiro atoms. The minimum absolute atomic E-state index is 0.118. The second-order valence-corrected chi connectivity index (χ2v) is 6.39. The van der Waals surface area contributed by atoms with Gasteiger partial charge in [-0.05, 0) is 12.5 Å². The number of hydrogen-bond donors (Lipinski definition) is 0. The molecule has 1 aromatic rings. The lowest BCUT2D eigenvalue weighted by Gasteiger charge is -1.96. The first-order valence-electron chi connectivity index (χ1n) is 4.72. The Hall–Kier alpha value is -1.35. The van der Waals surface area contributed by atoms with Crippen LogP contribution in [0, 0.1) is 0 Å². The van der Waals surface area contributed by atoms with Crippen molar-refractivity contribution in [2.45, 2.75) is 10.8 Å². The summed E-state index contributed by atoms with van der Waals surface area (Å²) < 4.78 is 46.8. The van der Waals surface area contributed by atoms with Crippen molar-refractivity contribution in [1.29, 1.82) is 0 Å². The molecule has 0 amide bonds. The van der Waals surface area contributed by atoms with Crippen molar-refractivity contribution in [2.24, 2.45) is 5.16 Å². The number of halogens is 2. The van der Waals surface area contributed by atoms with E-state index in [9.17, 15) is 17.2 Å². The standard InChI is InChI=1S/C9H10F2N2O3S2/c1-16-13-6-7-5-12-9(17-7)18(14,15)4-2-3-8(10)11/h3,5-6H,2,4H2,1H3/b13-6-. The number of nitrogens with zero attached hydrogens (tertiary/aromatic N) is 2. The van der Waals surface area contributed by atoms with E-state index in [0.29, 0.717) is 11.0 Å². The quantitative estimate of drug-likeness (QED) is 0.595. The fraction of sp³-hybridized carbons (Fsp3) is 0.333. The van der Waals surface area contributed by atoms with Gasteiger partial charge in [-0.3, -0.25) is 0 Å². The van der Waals surface area contributed by atoms with Crippen molar-refractivity contribution < 1.29 is 22.0 Å². The van der Waals surface area contributed by atoms with Crippen molar-refractivity contribution in [3.63, 3.8) is 0 Å². The van der Waals surface area contributed by atoms with Crippen LogP contribution in [0.4, 0.5) is 8.78 Å². The lowest BCUT2D eigenvalue weighted by Crippen LogP contribution is -2.05. The predicted octanol–water partition coefficient (Wildman–Crippen LogP) is 2.07. The molecular weight excluding hydrogens is 286 g/mol. The lowest BCUT2D eigenvalue weighted by atomic mass is 10.5. The molecule has 0 radical (unpaired) electrons. The smallest absolute Gasteiger partial charge is 0.266 e. The van der Waals surface area contributed by atoms with Gasteiger partial charge in [0, 0.05) is 6.20 Å². The second-order valence-electron chi connectivity index (χ2n) is 3.05. The molecule has 0 atom stereocenters. The molecule has 1 aromatic heterocycles. The highest BCUT2D eigenvalue weighted by molar-refractivity contribution is 7.93. The van der Waals surface area contributed by atoms with Crippen LogP contribution in [-0.4, -0.2) is 32.5 Å². The number of oxime groups is 1. The summed E-state index contributed by atoms with van der Waals surface area (Å²) in [4.78, 5) is 8.66. The van der Waals surface area contributed by atoms with E-state index in [1.165, 1.54) is 19.5 Å². The summed E-state index contributed by atoms with van der Waals surface area (Å²) in [5.41, 5.74) is 0. The minimum atomic E-state index is -3.63. The van der Waals surface area contributed by atoms with Gasteiger partial charge in [0.15, 0.2) is 0 Å². The lowest BCUT2D eigenvalue weighted by molar-refractivity contribution is 0.215. The zero-order chi connectivity index (χ0) is 13.6. The summed E-state index contributed by atoms with van der Waals surface area (Å²) in [5, 5.41) is 3.46. The van der Waals surface area contributed by atoms with Gasteiger partial charge in [0.25, 0.3) is 6.08 Å². The summed E-state index contributed by atoms with van der Waals surface area (Å²) in [6.45, 7) is 0. The molecule has 100 valence electrons. The Morgan fingerprint density at radius 1 is 1.61 bits per heavy atom. The van der Waals surface area contributed by atoms with Crippen molar-refractivity contribution in [2.75, 3.05) is 12.9 Å². The van der Waals surface area contributed by atoms with Crippen molar-refractivity contribution in [1.82, 2.24) is 4.98 Å². The van der Waals surface area contributed by atoms with Crippen LogP contribution < -0.4 is 0 Å². The van der Waals surface area contributed by atoms with Crippen molar-refractivity contribution in [3.8, 4) is 0 Å². The average Bonchev–Trinajstić information content (AvgIpc) is 2.74. The zero-order valence-corrected chi connectivity index (χ0v) is 11.0. The minimum Gasteiger partial charge on any atom is -0.399 e. The normalized spacial score (nSPS) is 11.7. The molecular formula is C9H10F2N2O3S2. The zero-order valence-electron chi connectivity index (χ0n) is 9.34. The molecule has 1 heterocycles. The van der Waals surface area contributed by atoms with Crippen LogP contribution in [0.5, 0.6) is 0 Å². The first-order chi connectivity index (χ1) is 8.45. The van der Waals surface area contributed by atoms with Crippen LogP contribution in [-0.2, 0) is 14.7 Å². The maximum Gasteiger partial charge on any atom is 0.266 e. The van der Waals surface area contributed by atoms with Crippen LogP contribution >= 0.6 is 11.3 Å². The fourth-order valence-corrected chi connectivity index (χ4v) is 3.36. The highest BCUT2D eigenvalue weighted by Gasteiger charge is 2.18. The molecule has 0 aromatic carbocycles. The topological polar surface area (TPSA) is 68.6 Å². The highest BCUT2D eigenvalue weighted by Crippen LogP contribution is 2.19. The molecule has 0 saturated carbocycles. The SMILES string of the molecule is CO/N=C\c1cnc(S(=O)(=O)CCC=C(F)F)s1. The number of rotatable bonds is 6. The Labute approximate surface area is 107 Å². The molecule has 0 aliphatic rings. The Balaban J connectivity index is 2.76. The first-order valence-corrected chi connectivity index (χ1v) is 7.19. The molecule has 0 unspecified atom stereocenters. The maximum atomic E-state index is 11.8. The summed E-state index contributed by atoms with van der Waals surface area (Å²) in [7, 11) is -2.28. The van der Waals surface area contributed by atoms with Gasteiger partial charge in [0.1, 0.15) is 7.11 Å². The van der Waals surface area contributed by atoms with E-state index in [-0.39, 0.29) is 10.8 Å². The second kappa shape index (κ2) is 6.55. The van der Waals surface area contributed by atoms with E-state index in [1.807, 2.05) is 0 Å². The van der Waals surface area contributed by atoms with Gasteiger partial charge in [-0.15, -0.1) is 11.3 Å². The van der Waals surface area contributed by atoms with E-state index < -0.39 is 21.7 Å².